The van der Waals surface area contributed by atoms with Crippen molar-refractivity contribution in [2.24, 2.45) is 0 Å². The summed E-state index contributed by atoms with van der Waals surface area (Å²) in [5.74, 6) is 0.531. The zero-order valence-electron chi connectivity index (χ0n) is 17.0. The lowest BCUT2D eigenvalue weighted by molar-refractivity contribution is -0.123. The molecule has 2 N–H and O–H groups in total. The highest BCUT2D eigenvalue weighted by Crippen LogP contribution is 2.23. The van der Waals surface area contributed by atoms with E-state index in [0.29, 0.717) is 27.2 Å². The largest absolute Gasteiger partial charge is 0.497 e. The smallest absolute Gasteiger partial charge is 0.261 e. The van der Waals surface area contributed by atoms with Crippen LogP contribution in [0.1, 0.15) is 5.56 Å². The van der Waals surface area contributed by atoms with Crippen LogP contribution in [0.15, 0.2) is 71.6 Å². The average Bonchev–Trinajstić information content (AvgIpc) is 2.77. The number of carbonyl (C=O) groups excluding carboxylic acids is 1. The van der Waals surface area contributed by atoms with Crippen LogP contribution in [0, 0.1) is 0 Å². The lowest BCUT2D eigenvalue weighted by Gasteiger charge is -2.11. The van der Waals surface area contributed by atoms with Crippen LogP contribution in [0.5, 0.6) is 11.5 Å². The third kappa shape index (κ3) is 6.53. The van der Waals surface area contributed by atoms with Gasteiger partial charge in [0.2, 0.25) is 0 Å². The first-order valence-electron chi connectivity index (χ1n) is 9.37. The van der Waals surface area contributed by atoms with Crippen molar-refractivity contribution in [3.05, 3.63) is 82.3 Å². The van der Waals surface area contributed by atoms with Crippen molar-refractivity contribution < 1.29 is 22.7 Å². The molecule has 3 aromatic carbocycles. The Morgan fingerprint density at radius 3 is 2.41 bits per heavy atom. The summed E-state index contributed by atoms with van der Waals surface area (Å²) in [7, 11) is -2.30. The SMILES string of the molecule is COc1cccc(NS(=O)(=O)c2ccc(OCC(=O)NCc3ccc(Cl)cc3Cl)cc2)c1. The van der Waals surface area contributed by atoms with Gasteiger partial charge in [-0.1, -0.05) is 35.3 Å². The van der Waals surface area contributed by atoms with Crippen LogP contribution in [0.2, 0.25) is 10.0 Å². The third-order valence-corrected chi connectivity index (χ3v) is 6.30. The molecule has 0 saturated carbocycles. The highest BCUT2D eigenvalue weighted by Gasteiger charge is 2.15. The second kappa shape index (κ2) is 10.6. The molecule has 0 unspecified atom stereocenters. The number of carbonyl (C=O) groups is 1. The highest BCUT2D eigenvalue weighted by atomic mass is 35.5. The number of nitrogens with one attached hydrogen (secondary N) is 2. The van der Waals surface area contributed by atoms with E-state index in [4.69, 9.17) is 32.7 Å². The summed E-state index contributed by atoms with van der Waals surface area (Å²) in [4.78, 5) is 12.1. The predicted molar refractivity (Wildman–Crippen MR) is 124 cm³/mol. The molecule has 1 amide bonds. The van der Waals surface area contributed by atoms with Gasteiger partial charge in [0.1, 0.15) is 11.5 Å². The summed E-state index contributed by atoms with van der Waals surface area (Å²) in [6, 6.07) is 17.3. The summed E-state index contributed by atoms with van der Waals surface area (Å²) in [5.41, 5.74) is 1.10. The second-order valence-electron chi connectivity index (χ2n) is 6.61. The molecule has 0 radical (unpaired) electrons. The van der Waals surface area contributed by atoms with E-state index in [2.05, 4.69) is 10.0 Å². The highest BCUT2D eigenvalue weighted by molar-refractivity contribution is 7.92. The van der Waals surface area contributed by atoms with Gasteiger partial charge in [-0.25, -0.2) is 8.42 Å². The number of hydrogen-bond acceptors (Lipinski definition) is 5. The van der Waals surface area contributed by atoms with Crippen LogP contribution in [-0.4, -0.2) is 28.0 Å². The molecule has 0 aliphatic rings. The van der Waals surface area contributed by atoms with Gasteiger partial charge in [-0.2, -0.15) is 0 Å². The fourth-order valence-electron chi connectivity index (χ4n) is 2.67. The van der Waals surface area contributed by atoms with E-state index in [-0.39, 0.29) is 24.0 Å². The van der Waals surface area contributed by atoms with Gasteiger partial charge >= 0.3 is 0 Å². The van der Waals surface area contributed by atoms with Gasteiger partial charge in [-0.3, -0.25) is 9.52 Å². The maximum atomic E-state index is 12.6. The Hall–Kier alpha value is -2.94. The maximum Gasteiger partial charge on any atom is 0.261 e. The summed E-state index contributed by atoms with van der Waals surface area (Å²) >= 11 is 11.9. The van der Waals surface area contributed by atoms with Crippen LogP contribution >= 0.6 is 23.2 Å². The Bertz CT molecular complexity index is 1200. The van der Waals surface area contributed by atoms with E-state index in [9.17, 15) is 13.2 Å². The van der Waals surface area contributed by atoms with Crippen LogP contribution < -0.4 is 19.5 Å². The van der Waals surface area contributed by atoms with Crippen molar-refractivity contribution >= 4 is 44.8 Å². The van der Waals surface area contributed by atoms with Crippen molar-refractivity contribution in [2.75, 3.05) is 18.4 Å². The first-order chi connectivity index (χ1) is 15.3. The van der Waals surface area contributed by atoms with E-state index in [1.54, 1.807) is 42.5 Å². The Morgan fingerprint density at radius 1 is 0.969 bits per heavy atom. The number of hydrogen-bond donors (Lipinski definition) is 2. The topological polar surface area (TPSA) is 93.7 Å². The van der Waals surface area contributed by atoms with Crippen molar-refractivity contribution in [3.63, 3.8) is 0 Å². The van der Waals surface area contributed by atoms with Gasteiger partial charge in [-0.15, -0.1) is 0 Å². The minimum atomic E-state index is -3.80. The van der Waals surface area contributed by atoms with Crippen LogP contribution in [0.25, 0.3) is 0 Å². The number of anilines is 1. The van der Waals surface area contributed by atoms with E-state index >= 15 is 0 Å². The quantitative estimate of drug-likeness (QED) is 0.456. The van der Waals surface area contributed by atoms with Crippen molar-refractivity contribution in [1.29, 1.82) is 0 Å². The van der Waals surface area contributed by atoms with E-state index < -0.39 is 10.0 Å². The van der Waals surface area contributed by atoms with Crippen molar-refractivity contribution in [2.45, 2.75) is 11.4 Å². The molecule has 7 nitrogen and oxygen atoms in total. The number of ether oxygens (including phenoxy) is 2. The lowest BCUT2D eigenvalue weighted by atomic mass is 10.2. The Balaban J connectivity index is 1.54. The summed E-state index contributed by atoms with van der Waals surface area (Å²) in [5, 5.41) is 3.66. The Morgan fingerprint density at radius 2 is 1.72 bits per heavy atom. The fourth-order valence-corrected chi connectivity index (χ4v) is 4.20. The number of sulfonamides is 1. The van der Waals surface area contributed by atoms with E-state index in [1.807, 2.05) is 0 Å². The maximum absolute atomic E-state index is 12.6. The molecule has 0 aliphatic heterocycles. The molecule has 32 heavy (non-hydrogen) atoms. The molecular formula is C22H20Cl2N2O5S. The van der Waals surface area contributed by atoms with Gasteiger partial charge < -0.3 is 14.8 Å². The molecule has 10 heteroatoms. The number of halogens is 2. The molecule has 0 heterocycles. The average molecular weight is 495 g/mol. The van der Waals surface area contributed by atoms with Crippen molar-refractivity contribution in [3.8, 4) is 11.5 Å². The van der Waals surface area contributed by atoms with Crippen LogP contribution in [-0.2, 0) is 21.4 Å². The molecule has 0 bridgehead atoms. The molecule has 168 valence electrons. The second-order valence-corrected chi connectivity index (χ2v) is 9.14. The molecule has 0 spiro atoms. The summed E-state index contributed by atoms with van der Waals surface area (Å²) in [6.07, 6.45) is 0. The molecule has 3 rings (SSSR count). The fraction of sp³-hybridized carbons (Fsp3) is 0.136. The zero-order valence-corrected chi connectivity index (χ0v) is 19.3. The van der Waals surface area contributed by atoms with Crippen LogP contribution in [0.4, 0.5) is 5.69 Å². The predicted octanol–water partition coefficient (Wildman–Crippen LogP) is 4.50. The summed E-state index contributed by atoms with van der Waals surface area (Å²) < 4.78 is 38.1. The van der Waals surface area contributed by atoms with Gasteiger partial charge in [0.05, 0.1) is 17.7 Å². The normalized spacial score (nSPS) is 11.0. The van der Waals surface area contributed by atoms with E-state index in [0.717, 1.165) is 5.56 Å². The lowest BCUT2D eigenvalue weighted by Crippen LogP contribution is -2.28. The molecule has 0 aliphatic carbocycles. The number of rotatable bonds is 9. The monoisotopic (exact) mass is 494 g/mol. The van der Waals surface area contributed by atoms with Gasteiger partial charge in [0, 0.05) is 22.7 Å². The first kappa shape index (κ1) is 23.7. The number of benzene rings is 3. The number of methoxy groups -OCH3 is 1. The molecule has 0 fully saturated rings. The number of amides is 1. The summed E-state index contributed by atoms with van der Waals surface area (Å²) in [6.45, 7) is -0.00924. The minimum absolute atomic E-state index is 0.0505. The molecule has 3 aromatic rings. The molecule has 0 atom stereocenters. The zero-order chi connectivity index (χ0) is 23.1. The van der Waals surface area contributed by atoms with Crippen molar-refractivity contribution in [1.82, 2.24) is 5.32 Å². The molecular weight excluding hydrogens is 475 g/mol. The van der Waals surface area contributed by atoms with Crippen LogP contribution in [0.3, 0.4) is 0 Å². The molecule has 0 aromatic heterocycles. The van der Waals surface area contributed by atoms with Gasteiger partial charge in [0.15, 0.2) is 6.61 Å². The van der Waals surface area contributed by atoms with Gasteiger partial charge in [-0.05, 0) is 54.1 Å². The standard InChI is InChI=1S/C22H20Cl2N2O5S/c1-30-19-4-2-3-17(12-19)26-32(28,29)20-9-7-18(8-10-20)31-14-22(27)25-13-15-5-6-16(23)11-21(15)24/h2-12,26H,13-14H2,1H3,(H,25,27). The van der Waals surface area contributed by atoms with E-state index in [1.165, 1.54) is 31.4 Å². The third-order valence-electron chi connectivity index (χ3n) is 4.32. The Kier molecular flexibility index (Phi) is 7.84. The Labute approximate surface area is 196 Å². The minimum Gasteiger partial charge on any atom is -0.497 e. The molecule has 0 saturated heterocycles. The first-order valence-corrected chi connectivity index (χ1v) is 11.6. The van der Waals surface area contributed by atoms with Gasteiger partial charge in [0.25, 0.3) is 15.9 Å².